The van der Waals surface area contributed by atoms with Gasteiger partial charge in [-0.05, 0) is 67.2 Å². The number of thiophene rings is 1. The molecule has 6 nitrogen and oxygen atoms in total. The van der Waals surface area contributed by atoms with Gasteiger partial charge in [-0.2, -0.15) is 4.31 Å². The molecule has 1 N–H and O–H groups in total. The summed E-state index contributed by atoms with van der Waals surface area (Å²) in [5.74, 6) is -0.289. The van der Waals surface area contributed by atoms with E-state index in [1.807, 2.05) is 0 Å². The Morgan fingerprint density at radius 1 is 1.26 bits per heavy atom. The van der Waals surface area contributed by atoms with E-state index in [1.165, 1.54) is 34.9 Å². The lowest BCUT2D eigenvalue weighted by Gasteiger charge is -2.34. The molecule has 0 radical (unpaired) electrons. The average Bonchev–Trinajstić information content (AvgIpc) is 3.10. The number of amides is 1. The summed E-state index contributed by atoms with van der Waals surface area (Å²) in [6.07, 6.45) is 5.20. The topological polar surface area (TPSA) is 69.7 Å². The fraction of sp³-hybridized carbons (Fsp3) is 0.722. The summed E-state index contributed by atoms with van der Waals surface area (Å²) < 4.78 is 28.2. The van der Waals surface area contributed by atoms with Crippen LogP contribution in [0.15, 0.2) is 20.1 Å². The Balaban J connectivity index is 1.52. The van der Waals surface area contributed by atoms with Crippen LogP contribution in [0, 0.1) is 5.92 Å². The summed E-state index contributed by atoms with van der Waals surface area (Å²) >= 11 is 4.53. The highest BCUT2D eigenvalue weighted by Gasteiger charge is 2.34. The van der Waals surface area contributed by atoms with Crippen molar-refractivity contribution in [3.05, 3.63) is 15.9 Å². The Kier molecular flexibility index (Phi) is 7.35. The maximum Gasteiger partial charge on any atom is 0.252 e. The number of nitrogens with one attached hydrogen (secondary N) is 1. The van der Waals surface area contributed by atoms with Gasteiger partial charge in [-0.1, -0.05) is 6.42 Å². The number of hydrogen-bond donors (Lipinski definition) is 1. The van der Waals surface area contributed by atoms with Gasteiger partial charge in [0, 0.05) is 32.2 Å². The molecule has 1 aromatic heterocycles. The van der Waals surface area contributed by atoms with Crippen LogP contribution >= 0.6 is 27.3 Å². The second-order valence-corrected chi connectivity index (χ2v) is 12.1. The minimum Gasteiger partial charge on any atom is -0.355 e. The number of hydrogen-bond acceptors (Lipinski definition) is 5. The van der Waals surface area contributed by atoms with Crippen LogP contribution in [-0.2, 0) is 14.8 Å². The molecular formula is C18H28BrN3O3S2. The predicted octanol–water partition coefficient (Wildman–Crippen LogP) is 2.90. The summed E-state index contributed by atoms with van der Waals surface area (Å²) in [7, 11) is -3.52. The van der Waals surface area contributed by atoms with Crippen LogP contribution in [0.4, 0.5) is 0 Å². The van der Waals surface area contributed by atoms with Crippen molar-refractivity contribution < 1.29 is 13.2 Å². The average molecular weight is 478 g/mol. The molecule has 3 heterocycles. The minimum absolute atomic E-state index is 0.0214. The first-order valence-electron chi connectivity index (χ1n) is 9.65. The van der Waals surface area contributed by atoms with Crippen LogP contribution in [0.25, 0.3) is 0 Å². The van der Waals surface area contributed by atoms with Gasteiger partial charge in [0.1, 0.15) is 4.21 Å². The molecule has 3 rings (SSSR count). The van der Waals surface area contributed by atoms with E-state index in [4.69, 9.17) is 0 Å². The van der Waals surface area contributed by atoms with E-state index in [1.54, 1.807) is 12.1 Å². The number of carbonyl (C=O) groups is 1. The zero-order chi connectivity index (χ0) is 19.4. The number of nitrogens with zero attached hydrogens (tertiary/aromatic N) is 2. The summed E-state index contributed by atoms with van der Waals surface area (Å²) in [5.41, 5.74) is 0. The van der Waals surface area contributed by atoms with Crippen LogP contribution in [0.5, 0.6) is 0 Å². The van der Waals surface area contributed by atoms with E-state index in [0.717, 1.165) is 23.3 Å². The van der Waals surface area contributed by atoms with Crippen LogP contribution in [0.3, 0.4) is 0 Å². The number of likely N-dealkylation sites (tertiary alicyclic amines) is 1. The summed E-state index contributed by atoms with van der Waals surface area (Å²) in [5, 5.41) is 3.03. The Morgan fingerprint density at radius 2 is 2.07 bits per heavy atom. The summed E-state index contributed by atoms with van der Waals surface area (Å²) in [6, 6.07) is 3.94. The van der Waals surface area contributed by atoms with E-state index in [0.29, 0.717) is 29.8 Å². The molecule has 0 saturated carbocycles. The lowest BCUT2D eigenvalue weighted by atomic mass is 9.99. The Labute approximate surface area is 174 Å². The molecule has 1 aromatic rings. The van der Waals surface area contributed by atoms with E-state index >= 15 is 0 Å². The second kappa shape index (κ2) is 9.35. The highest BCUT2D eigenvalue weighted by atomic mass is 79.9. The molecule has 2 unspecified atom stereocenters. The molecule has 152 valence electrons. The molecule has 27 heavy (non-hydrogen) atoms. The third kappa shape index (κ3) is 5.32. The SMILES string of the molecule is CC1CCCCN1CCNC(=O)C1CCCN(S(=O)(=O)c2ccc(Br)s2)C1. The zero-order valence-electron chi connectivity index (χ0n) is 15.7. The lowest BCUT2D eigenvalue weighted by molar-refractivity contribution is -0.126. The third-order valence-electron chi connectivity index (χ3n) is 5.54. The van der Waals surface area contributed by atoms with E-state index < -0.39 is 10.0 Å². The van der Waals surface area contributed by atoms with Crippen molar-refractivity contribution in [2.45, 2.75) is 49.3 Å². The summed E-state index contributed by atoms with van der Waals surface area (Å²) in [6.45, 7) is 5.59. The molecule has 0 spiro atoms. The smallest absolute Gasteiger partial charge is 0.252 e. The maximum atomic E-state index is 12.8. The molecule has 2 saturated heterocycles. The molecule has 0 bridgehead atoms. The first-order valence-corrected chi connectivity index (χ1v) is 12.7. The van der Waals surface area contributed by atoms with Crippen molar-refractivity contribution in [1.29, 1.82) is 0 Å². The van der Waals surface area contributed by atoms with Crippen LogP contribution in [-0.4, -0.2) is 62.3 Å². The largest absolute Gasteiger partial charge is 0.355 e. The van der Waals surface area contributed by atoms with Crippen LogP contribution in [0.1, 0.15) is 39.0 Å². The Morgan fingerprint density at radius 3 is 2.78 bits per heavy atom. The first-order chi connectivity index (χ1) is 12.9. The van der Waals surface area contributed by atoms with Gasteiger partial charge in [0.15, 0.2) is 0 Å². The van der Waals surface area contributed by atoms with Crippen molar-refractivity contribution in [3.63, 3.8) is 0 Å². The normalized spacial score (nSPS) is 25.4. The zero-order valence-corrected chi connectivity index (χ0v) is 18.9. The Hall–Kier alpha value is -0.480. The highest BCUT2D eigenvalue weighted by molar-refractivity contribution is 9.11. The van der Waals surface area contributed by atoms with Crippen molar-refractivity contribution in [1.82, 2.24) is 14.5 Å². The first kappa shape index (κ1) is 21.2. The molecule has 2 fully saturated rings. The number of rotatable bonds is 6. The molecule has 0 aliphatic carbocycles. The van der Waals surface area contributed by atoms with E-state index in [-0.39, 0.29) is 18.4 Å². The minimum atomic E-state index is -3.52. The number of sulfonamides is 1. The fourth-order valence-electron chi connectivity index (χ4n) is 3.90. The van der Waals surface area contributed by atoms with Crippen molar-refractivity contribution in [2.24, 2.45) is 5.92 Å². The molecule has 9 heteroatoms. The highest BCUT2D eigenvalue weighted by Crippen LogP contribution is 2.30. The third-order valence-corrected chi connectivity index (χ3v) is 9.49. The molecular weight excluding hydrogens is 450 g/mol. The van der Waals surface area contributed by atoms with Gasteiger partial charge in [-0.3, -0.25) is 9.69 Å². The Bertz CT molecular complexity index is 753. The van der Waals surface area contributed by atoms with Crippen molar-refractivity contribution in [2.75, 3.05) is 32.7 Å². The van der Waals surface area contributed by atoms with Gasteiger partial charge < -0.3 is 5.32 Å². The predicted molar refractivity (Wildman–Crippen MR) is 111 cm³/mol. The van der Waals surface area contributed by atoms with Crippen molar-refractivity contribution in [3.8, 4) is 0 Å². The summed E-state index contributed by atoms with van der Waals surface area (Å²) in [4.78, 5) is 15.0. The van der Waals surface area contributed by atoms with Gasteiger partial charge in [0.05, 0.1) is 9.70 Å². The van der Waals surface area contributed by atoms with Gasteiger partial charge >= 0.3 is 0 Å². The maximum absolute atomic E-state index is 12.8. The number of halogens is 1. The monoisotopic (exact) mass is 477 g/mol. The van der Waals surface area contributed by atoms with Gasteiger partial charge in [0.25, 0.3) is 10.0 Å². The van der Waals surface area contributed by atoms with Crippen LogP contribution < -0.4 is 5.32 Å². The lowest BCUT2D eigenvalue weighted by Crippen LogP contribution is -2.47. The van der Waals surface area contributed by atoms with Gasteiger partial charge in [-0.15, -0.1) is 11.3 Å². The van der Waals surface area contributed by atoms with Crippen LogP contribution in [0.2, 0.25) is 0 Å². The number of piperidine rings is 2. The van der Waals surface area contributed by atoms with Crippen molar-refractivity contribution >= 4 is 43.2 Å². The number of carbonyl (C=O) groups excluding carboxylic acids is 1. The molecule has 2 atom stereocenters. The quantitative estimate of drug-likeness (QED) is 0.683. The second-order valence-electron chi connectivity index (χ2n) is 7.43. The molecule has 2 aliphatic heterocycles. The van der Waals surface area contributed by atoms with E-state index in [2.05, 4.69) is 33.1 Å². The molecule has 0 aromatic carbocycles. The fourth-order valence-corrected chi connectivity index (χ4v) is 7.58. The van der Waals surface area contributed by atoms with Gasteiger partial charge in [-0.25, -0.2) is 8.42 Å². The molecule has 1 amide bonds. The van der Waals surface area contributed by atoms with E-state index in [9.17, 15) is 13.2 Å². The standard InChI is InChI=1S/C18H28BrN3O3S2/c1-14-5-2-3-10-21(14)12-9-20-18(23)15-6-4-11-22(13-15)27(24,25)17-8-7-16(19)26-17/h7-8,14-15H,2-6,9-13H2,1H3,(H,20,23). The molecule has 2 aliphatic rings. The van der Waals surface area contributed by atoms with Gasteiger partial charge in [0.2, 0.25) is 5.91 Å².